The number of amides is 1. The van der Waals surface area contributed by atoms with Crippen LogP contribution in [0.25, 0.3) is 16.6 Å². The van der Waals surface area contributed by atoms with Crippen molar-refractivity contribution < 1.29 is 4.79 Å². The van der Waals surface area contributed by atoms with E-state index in [1.807, 2.05) is 13.0 Å². The Labute approximate surface area is 161 Å². The fraction of sp³-hybridized carbons (Fsp3) is 0.176. The largest absolute Gasteiger partial charge is 0.309 e. The van der Waals surface area contributed by atoms with Crippen molar-refractivity contribution in [3.05, 3.63) is 57.0 Å². The second-order valence-electron chi connectivity index (χ2n) is 5.83. The SMILES string of the molecule is CCn1nc(CC(=O)Nc2ccc3nncn3n2)c(=O)c2ccc(Br)cc21. The molecule has 1 amide bonds. The molecule has 0 unspecified atom stereocenters. The van der Waals surface area contributed by atoms with Crippen LogP contribution in [0.15, 0.2) is 45.9 Å². The maximum Gasteiger partial charge on any atom is 0.231 e. The molecule has 3 heterocycles. The third kappa shape index (κ3) is 3.31. The van der Waals surface area contributed by atoms with Gasteiger partial charge in [0.15, 0.2) is 11.5 Å². The zero-order valence-electron chi connectivity index (χ0n) is 14.3. The van der Waals surface area contributed by atoms with Crippen LogP contribution in [0.3, 0.4) is 0 Å². The molecule has 0 aliphatic rings. The van der Waals surface area contributed by atoms with Gasteiger partial charge in [0.05, 0.1) is 11.9 Å². The van der Waals surface area contributed by atoms with Gasteiger partial charge in [-0.1, -0.05) is 15.9 Å². The molecule has 0 spiro atoms. The first-order valence-corrected chi connectivity index (χ1v) is 9.00. The van der Waals surface area contributed by atoms with E-state index < -0.39 is 0 Å². The van der Waals surface area contributed by atoms with Gasteiger partial charge in [-0.2, -0.15) is 9.61 Å². The molecule has 9 nitrogen and oxygen atoms in total. The number of anilines is 1. The zero-order chi connectivity index (χ0) is 19.0. The fourth-order valence-corrected chi connectivity index (χ4v) is 3.15. The van der Waals surface area contributed by atoms with Crippen LogP contribution in [0, 0.1) is 0 Å². The molecular weight excluding hydrogens is 414 g/mol. The fourth-order valence-electron chi connectivity index (χ4n) is 2.80. The van der Waals surface area contributed by atoms with E-state index in [0.717, 1.165) is 9.99 Å². The average molecular weight is 428 g/mol. The lowest BCUT2D eigenvalue weighted by molar-refractivity contribution is -0.115. The Morgan fingerprint density at radius 3 is 2.89 bits per heavy atom. The molecule has 4 aromatic rings. The molecular formula is C17H14BrN7O2. The van der Waals surface area contributed by atoms with Crippen molar-refractivity contribution >= 4 is 44.2 Å². The van der Waals surface area contributed by atoms with E-state index in [1.54, 1.807) is 28.9 Å². The summed E-state index contributed by atoms with van der Waals surface area (Å²) in [6.07, 6.45) is 1.29. The minimum absolute atomic E-state index is 0.146. The predicted molar refractivity (Wildman–Crippen MR) is 102 cm³/mol. The first kappa shape index (κ1) is 17.3. The molecule has 0 saturated carbocycles. The quantitative estimate of drug-likeness (QED) is 0.531. The number of hydrogen-bond donors (Lipinski definition) is 1. The van der Waals surface area contributed by atoms with Crippen molar-refractivity contribution in [3.8, 4) is 0 Å². The van der Waals surface area contributed by atoms with Crippen LogP contribution in [0.5, 0.6) is 0 Å². The van der Waals surface area contributed by atoms with Crippen molar-refractivity contribution in [2.75, 3.05) is 5.32 Å². The Bertz CT molecular complexity index is 1230. The second-order valence-corrected chi connectivity index (χ2v) is 6.75. The average Bonchev–Trinajstić information content (AvgIpc) is 3.11. The summed E-state index contributed by atoms with van der Waals surface area (Å²) in [4.78, 5) is 25.1. The molecule has 0 bridgehead atoms. The Balaban J connectivity index is 1.64. The van der Waals surface area contributed by atoms with Gasteiger partial charge in [-0.25, -0.2) is 0 Å². The summed E-state index contributed by atoms with van der Waals surface area (Å²) in [6, 6.07) is 8.68. The van der Waals surface area contributed by atoms with Crippen LogP contribution < -0.4 is 10.7 Å². The van der Waals surface area contributed by atoms with E-state index in [2.05, 4.69) is 41.6 Å². The number of aryl methyl sites for hydroxylation is 1. The topological polar surface area (TPSA) is 107 Å². The highest BCUT2D eigenvalue weighted by atomic mass is 79.9. The molecule has 1 aromatic carbocycles. The summed E-state index contributed by atoms with van der Waals surface area (Å²) >= 11 is 3.41. The highest BCUT2D eigenvalue weighted by molar-refractivity contribution is 9.10. The predicted octanol–water partition coefficient (Wildman–Crippen LogP) is 1.80. The van der Waals surface area contributed by atoms with E-state index in [9.17, 15) is 9.59 Å². The Hall–Kier alpha value is -3.14. The number of rotatable bonds is 4. The molecule has 0 radical (unpaired) electrons. The van der Waals surface area contributed by atoms with Crippen molar-refractivity contribution in [3.63, 3.8) is 0 Å². The standard InChI is InChI=1S/C17H14BrN7O2/c1-2-24-13-7-10(18)3-4-11(13)17(27)12(22-24)8-16(26)20-14-5-6-15-21-19-9-25(15)23-14/h3-7,9H,2,8H2,1H3,(H,20,23,26). The number of carbonyl (C=O) groups is 1. The molecule has 136 valence electrons. The molecule has 4 rings (SSSR count). The summed E-state index contributed by atoms with van der Waals surface area (Å²) in [7, 11) is 0. The van der Waals surface area contributed by atoms with E-state index in [4.69, 9.17) is 0 Å². The Kier molecular flexibility index (Phi) is 4.40. The maximum atomic E-state index is 12.7. The number of hydrogen-bond acceptors (Lipinski definition) is 6. The lowest BCUT2D eigenvalue weighted by Crippen LogP contribution is -2.25. The van der Waals surface area contributed by atoms with E-state index in [1.165, 1.54) is 10.8 Å². The number of halogens is 1. The second kappa shape index (κ2) is 6.88. The number of nitrogens with zero attached hydrogens (tertiary/aromatic N) is 6. The highest BCUT2D eigenvalue weighted by Gasteiger charge is 2.15. The summed E-state index contributed by atoms with van der Waals surface area (Å²) in [5, 5.41) is 19.3. The van der Waals surface area contributed by atoms with Crippen molar-refractivity contribution in [2.24, 2.45) is 0 Å². The molecule has 0 aliphatic heterocycles. The van der Waals surface area contributed by atoms with Gasteiger partial charge in [-0.05, 0) is 37.3 Å². The molecule has 1 N–H and O–H groups in total. The van der Waals surface area contributed by atoms with E-state index in [-0.39, 0.29) is 23.5 Å². The van der Waals surface area contributed by atoms with Gasteiger partial charge in [-0.3, -0.25) is 14.3 Å². The van der Waals surface area contributed by atoms with E-state index in [0.29, 0.717) is 23.4 Å². The number of nitrogens with one attached hydrogen (secondary N) is 1. The van der Waals surface area contributed by atoms with Crippen molar-refractivity contribution in [1.29, 1.82) is 0 Å². The number of aromatic nitrogens is 6. The minimum Gasteiger partial charge on any atom is -0.309 e. The highest BCUT2D eigenvalue weighted by Crippen LogP contribution is 2.17. The smallest absolute Gasteiger partial charge is 0.231 e. The van der Waals surface area contributed by atoms with Crippen LogP contribution in [0.1, 0.15) is 12.6 Å². The van der Waals surface area contributed by atoms with Crippen LogP contribution in [0.4, 0.5) is 5.82 Å². The molecule has 3 aromatic heterocycles. The summed E-state index contributed by atoms with van der Waals surface area (Å²) in [6.45, 7) is 2.51. The van der Waals surface area contributed by atoms with Gasteiger partial charge >= 0.3 is 0 Å². The number of fused-ring (bicyclic) bond motifs is 2. The van der Waals surface area contributed by atoms with Crippen LogP contribution in [-0.4, -0.2) is 35.5 Å². The van der Waals surface area contributed by atoms with Gasteiger partial charge in [0.2, 0.25) is 11.3 Å². The van der Waals surface area contributed by atoms with Crippen LogP contribution in [-0.2, 0) is 17.8 Å². The Morgan fingerprint density at radius 1 is 1.22 bits per heavy atom. The molecule has 10 heteroatoms. The first-order valence-electron chi connectivity index (χ1n) is 8.21. The molecule has 0 saturated heterocycles. The first-order chi connectivity index (χ1) is 13.0. The van der Waals surface area contributed by atoms with Crippen molar-refractivity contribution in [1.82, 2.24) is 29.6 Å². The van der Waals surface area contributed by atoms with E-state index >= 15 is 0 Å². The van der Waals surface area contributed by atoms with Gasteiger partial charge in [-0.15, -0.1) is 15.3 Å². The minimum atomic E-state index is -0.376. The summed E-state index contributed by atoms with van der Waals surface area (Å²) in [5.74, 6) is -0.0357. The monoisotopic (exact) mass is 427 g/mol. The lowest BCUT2D eigenvalue weighted by Gasteiger charge is -2.10. The Morgan fingerprint density at radius 2 is 2.07 bits per heavy atom. The molecule has 27 heavy (non-hydrogen) atoms. The third-order valence-electron chi connectivity index (χ3n) is 4.04. The summed E-state index contributed by atoms with van der Waals surface area (Å²) in [5.41, 5.74) is 1.23. The number of carbonyl (C=O) groups excluding carboxylic acids is 1. The summed E-state index contributed by atoms with van der Waals surface area (Å²) < 4.78 is 4.02. The molecule has 0 atom stereocenters. The maximum absolute atomic E-state index is 12.7. The normalized spacial score (nSPS) is 11.2. The van der Waals surface area contributed by atoms with Gasteiger partial charge < -0.3 is 5.32 Å². The van der Waals surface area contributed by atoms with Crippen LogP contribution in [0.2, 0.25) is 0 Å². The van der Waals surface area contributed by atoms with Gasteiger partial charge in [0, 0.05) is 16.4 Å². The number of benzene rings is 1. The van der Waals surface area contributed by atoms with Crippen molar-refractivity contribution in [2.45, 2.75) is 19.9 Å². The third-order valence-corrected chi connectivity index (χ3v) is 4.54. The van der Waals surface area contributed by atoms with Gasteiger partial charge in [0.25, 0.3) is 0 Å². The van der Waals surface area contributed by atoms with Gasteiger partial charge in [0.1, 0.15) is 12.0 Å². The lowest BCUT2D eigenvalue weighted by atomic mass is 10.1. The molecule has 0 fully saturated rings. The zero-order valence-corrected chi connectivity index (χ0v) is 15.8. The van der Waals surface area contributed by atoms with Crippen LogP contribution >= 0.6 is 15.9 Å². The molecule has 0 aliphatic carbocycles.